The Hall–Kier alpha value is -2.56. The number of hydrogen-bond donors (Lipinski definition) is 3. The number of nitrogens with one attached hydrogen (secondary N) is 2. The summed E-state index contributed by atoms with van der Waals surface area (Å²) in [6.45, 7) is 4.11. The van der Waals surface area contributed by atoms with Crippen LogP contribution in [0.1, 0.15) is 24.5 Å². The lowest BCUT2D eigenvalue weighted by Gasteiger charge is -2.11. The zero-order valence-electron chi connectivity index (χ0n) is 13.9. The number of phenols is 1. The summed E-state index contributed by atoms with van der Waals surface area (Å²) in [6, 6.07) is 13.7. The number of nitrogens with zero attached hydrogens (tertiary/aromatic N) is 1. The summed E-state index contributed by atoms with van der Waals surface area (Å²) >= 11 is 0. The maximum absolute atomic E-state index is 12.9. The minimum absolute atomic E-state index is 0.234. The SMILES string of the molecule is CCNC(=NCc1ccc(F)cc1)NCCCc1ccc(O)cc1. The number of aromatic hydroxyl groups is 1. The van der Waals surface area contributed by atoms with Gasteiger partial charge in [-0.05, 0) is 55.2 Å². The van der Waals surface area contributed by atoms with Crippen LogP contribution in [0.2, 0.25) is 0 Å². The van der Waals surface area contributed by atoms with Gasteiger partial charge in [0.2, 0.25) is 0 Å². The van der Waals surface area contributed by atoms with Crippen molar-refractivity contribution in [3.8, 4) is 5.75 Å². The molecular weight excluding hydrogens is 305 g/mol. The number of rotatable bonds is 7. The Morgan fingerprint density at radius 1 is 1.00 bits per heavy atom. The molecule has 0 heterocycles. The van der Waals surface area contributed by atoms with Crippen LogP contribution in [0.25, 0.3) is 0 Å². The third-order valence-electron chi connectivity index (χ3n) is 3.55. The van der Waals surface area contributed by atoms with Crippen molar-refractivity contribution in [3.63, 3.8) is 0 Å². The molecule has 0 spiro atoms. The molecule has 0 aliphatic heterocycles. The van der Waals surface area contributed by atoms with E-state index in [0.717, 1.165) is 37.5 Å². The van der Waals surface area contributed by atoms with Gasteiger partial charge in [-0.15, -0.1) is 0 Å². The topological polar surface area (TPSA) is 56.7 Å². The first-order chi connectivity index (χ1) is 11.7. The van der Waals surface area contributed by atoms with Crippen molar-refractivity contribution in [2.75, 3.05) is 13.1 Å². The molecule has 0 aliphatic carbocycles. The first-order valence-corrected chi connectivity index (χ1v) is 8.22. The first kappa shape index (κ1) is 17.8. The van der Waals surface area contributed by atoms with Gasteiger partial charge in [-0.1, -0.05) is 24.3 Å². The molecule has 2 aromatic rings. The molecule has 0 aliphatic rings. The number of hydrogen-bond acceptors (Lipinski definition) is 2. The van der Waals surface area contributed by atoms with Crippen LogP contribution in [-0.4, -0.2) is 24.2 Å². The summed E-state index contributed by atoms with van der Waals surface area (Å²) in [7, 11) is 0. The Kier molecular flexibility index (Phi) is 7.08. The van der Waals surface area contributed by atoms with Crippen molar-refractivity contribution < 1.29 is 9.50 Å². The van der Waals surface area contributed by atoms with Crippen LogP contribution in [0.4, 0.5) is 4.39 Å². The second-order valence-corrected chi connectivity index (χ2v) is 5.52. The molecule has 128 valence electrons. The molecule has 2 rings (SSSR count). The van der Waals surface area contributed by atoms with E-state index in [0.29, 0.717) is 12.3 Å². The highest BCUT2D eigenvalue weighted by molar-refractivity contribution is 5.79. The van der Waals surface area contributed by atoms with E-state index in [1.54, 1.807) is 24.3 Å². The van der Waals surface area contributed by atoms with Gasteiger partial charge in [0, 0.05) is 13.1 Å². The van der Waals surface area contributed by atoms with E-state index in [1.165, 1.54) is 17.7 Å². The Bertz CT molecular complexity index is 639. The van der Waals surface area contributed by atoms with Crippen LogP contribution in [0.3, 0.4) is 0 Å². The van der Waals surface area contributed by atoms with Gasteiger partial charge in [0.25, 0.3) is 0 Å². The molecule has 0 radical (unpaired) electrons. The molecule has 24 heavy (non-hydrogen) atoms. The third kappa shape index (κ3) is 6.28. The highest BCUT2D eigenvalue weighted by Gasteiger charge is 1.99. The molecule has 0 atom stereocenters. The molecule has 3 N–H and O–H groups in total. The second-order valence-electron chi connectivity index (χ2n) is 5.52. The Labute approximate surface area is 142 Å². The van der Waals surface area contributed by atoms with Crippen LogP contribution in [-0.2, 0) is 13.0 Å². The van der Waals surface area contributed by atoms with Crippen molar-refractivity contribution in [2.24, 2.45) is 4.99 Å². The van der Waals surface area contributed by atoms with Gasteiger partial charge in [0.1, 0.15) is 11.6 Å². The fourth-order valence-electron chi connectivity index (χ4n) is 2.26. The Balaban J connectivity index is 1.78. The predicted octanol–water partition coefficient (Wildman–Crippen LogP) is 3.22. The fraction of sp³-hybridized carbons (Fsp3) is 0.316. The zero-order valence-corrected chi connectivity index (χ0v) is 13.9. The maximum atomic E-state index is 12.9. The lowest BCUT2D eigenvalue weighted by atomic mass is 10.1. The standard InChI is InChI=1S/C19H24FN3O/c1-2-21-19(23-14-16-5-9-17(20)10-6-16)22-13-3-4-15-7-11-18(24)12-8-15/h5-12,24H,2-4,13-14H2,1H3,(H2,21,22,23). The maximum Gasteiger partial charge on any atom is 0.191 e. The van der Waals surface area contributed by atoms with E-state index in [4.69, 9.17) is 0 Å². The second kappa shape index (κ2) is 9.55. The van der Waals surface area contributed by atoms with Crippen LogP contribution in [0, 0.1) is 5.82 Å². The average molecular weight is 329 g/mol. The molecule has 5 heteroatoms. The summed E-state index contributed by atoms with van der Waals surface area (Å²) in [5.41, 5.74) is 2.17. The van der Waals surface area contributed by atoms with Gasteiger partial charge in [0.05, 0.1) is 6.54 Å². The monoisotopic (exact) mass is 329 g/mol. The molecule has 0 bridgehead atoms. The number of phenolic OH excluding ortho intramolecular Hbond substituents is 1. The molecular formula is C19H24FN3O. The van der Waals surface area contributed by atoms with Crippen molar-refractivity contribution in [1.29, 1.82) is 0 Å². The largest absolute Gasteiger partial charge is 0.508 e. The molecule has 0 saturated carbocycles. The van der Waals surface area contributed by atoms with Crippen LogP contribution >= 0.6 is 0 Å². The summed E-state index contributed by atoms with van der Waals surface area (Å²) in [5.74, 6) is 0.814. The normalized spacial score (nSPS) is 11.3. The van der Waals surface area contributed by atoms with E-state index in [2.05, 4.69) is 15.6 Å². The van der Waals surface area contributed by atoms with Gasteiger partial charge in [0.15, 0.2) is 5.96 Å². The average Bonchev–Trinajstić information content (AvgIpc) is 2.59. The highest BCUT2D eigenvalue weighted by atomic mass is 19.1. The van der Waals surface area contributed by atoms with E-state index in [1.807, 2.05) is 19.1 Å². The molecule has 0 aromatic heterocycles. The molecule has 0 fully saturated rings. The van der Waals surface area contributed by atoms with E-state index < -0.39 is 0 Å². The van der Waals surface area contributed by atoms with Crippen molar-refractivity contribution in [3.05, 3.63) is 65.5 Å². The van der Waals surface area contributed by atoms with Crippen molar-refractivity contribution >= 4 is 5.96 Å². The number of benzene rings is 2. The van der Waals surface area contributed by atoms with E-state index in [9.17, 15) is 9.50 Å². The van der Waals surface area contributed by atoms with Gasteiger partial charge in [-0.2, -0.15) is 0 Å². The summed E-state index contributed by atoms with van der Waals surface area (Å²) in [4.78, 5) is 4.51. The molecule has 2 aromatic carbocycles. The number of aliphatic imine (C=N–C) groups is 1. The Morgan fingerprint density at radius 3 is 2.33 bits per heavy atom. The third-order valence-corrected chi connectivity index (χ3v) is 3.55. The van der Waals surface area contributed by atoms with Gasteiger partial charge >= 0.3 is 0 Å². The molecule has 4 nitrogen and oxygen atoms in total. The van der Waals surface area contributed by atoms with Gasteiger partial charge in [-0.3, -0.25) is 0 Å². The lowest BCUT2D eigenvalue weighted by molar-refractivity contribution is 0.475. The first-order valence-electron chi connectivity index (χ1n) is 8.22. The number of guanidine groups is 1. The summed E-state index contributed by atoms with van der Waals surface area (Å²) in [5, 5.41) is 15.8. The number of aryl methyl sites for hydroxylation is 1. The van der Waals surface area contributed by atoms with Crippen molar-refractivity contribution in [2.45, 2.75) is 26.3 Å². The van der Waals surface area contributed by atoms with Crippen LogP contribution in [0.5, 0.6) is 5.75 Å². The van der Waals surface area contributed by atoms with Crippen LogP contribution < -0.4 is 10.6 Å². The minimum Gasteiger partial charge on any atom is -0.508 e. The zero-order chi connectivity index (χ0) is 17.2. The smallest absolute Gasteiger partial charge is 0.191 e. The van der Waals surface area contributed by atoms with Crippen molar-refractivity contribution in [1.82, 2.24) is 10.6 Å². The lowest BCUT2D eigenvalue weighted by Crippen LogP contribution is -2.37. The minimum atomic E-state index is -0.234. The molecule has 0 saturated heterocycles. The van der Waals surface area contributed by atoms with Crippen LogP contribution in [0.15, 0.2) is 53.5 Å². The quantitative estimate of drug-likeness (QED) is 0.415. The predicted molar refractivity (Wildman–Crippen MR) is 95.6 cm³/mol. The molecule has 0 unspecified atom stereocenters. The van der Waals surface area contributed by atoms with Gasteiger partial charge < -0.3 is 15.7 Å². The summed E-state index contributed by atoms with van der Waals surface area (Å²) in [6.07, 6.45) is 1.90. The summed E-state index contributed by atoms with van der Waals surface area (Å²) < 4.78 is 12.9. The molecule has 0 amide bonds. The highest BCUT2D eigenvalue weighted by Crippen LogP contribution is 2.10. The fourth-order valence-corrected chi connectivity index (χ4v) is 2.26. The van der Waals surface area contributed by atoms with Gasteiger partial charge in [-0.25, -0.2) is 9.38 Å². The Morgan fingerprint density at radius 2 is 1.67 bits per heavy atom. The van der Waals surface area contributed by atoms with E-state index >= 15 is 0 Å². The van der Waals surface area contributed by atoms with E-state index in [-0.39, 0.29) is 5.82 Å². The number of halogens is 1.